The number of halogens is 2. The predicted molar refractivity (Wildman–Crippen MR) is 573 cm³/mol. The molecule has 139 heavy (non-hydrogen) atoms. The Labute approximate surface area is 832 Å². The summed E-state index contributed by atoms with van der Waals surface area (Å²) in [6, 6.07) is 104. The van der Waals surface area contributed by atoms with Crippen molar-refractivity contribution < 1.29 is 34.9 Å². The zero-order valence-corrected chi connectivity index (χ0v) is 80.3. The number of fused-ring (bicyclic) bond motifs is 8. The van der Waals surface area contributed by atoms with Crippen LogP contribution in [-0.2, 0) is 64.5 Å². The molecule has 0 radical (unpaired) electrons. The first-order valence-corrected chi connectivity index (χ1v) is 50.5. The first-order valence-electron chi connectivity index (χ1n) is 47.9. The number of nitrogens with one attached hydrogen (secondary N) is 1. The molecular weight excluding hydrogens is 1800 g/mol. The smallest absolute Gasteiger partial charge is 0.328 e. The zero-order chi connectivity index (χ0) is 95.1. The average Bonchev–Trinajstić information content (AvgIpc) is 1.57. The summed E-state index contributed by atoms with van der Waals surface area (Å²) in [5.74, 6) is 3.54. The summed E-state index contributed by atoms with van der Waals surface area (Å²) in [5.41, 5.74) is 26.8. The number of benzene rings is 13. The van der Waals surface area contributed by atoms with Crippen molar-refractivity contribution in [3.8, 4) is 40.3 Å². The van der Waals surface area contributed by atoms with Crippen molar-refractivity contribution in [2.24, 2.45) is 0 Å². The van der Waals surface area contributed by atoms with Crippen LogP contribution in [-0.4, -0.2) is 143 Å². The van der Waals surface area contributed by atoms with Crippen LogP contribution in [0.4, 0.5) is 17.3 Å². The summed E-state index contributed by atoms with van der Waals surface area (Å²) >= 11 is 15.9. The Morgan fingerprint density at radius 1 is 0.424 bits per heavy atom. The molecule has 29 heteroatoms. The highest BCUT2D eigenvalue weighted by molar-refractivity contribution is 7.99. The predicted octanol–water partition coefficient (Wildman–Crippen LogP) is 17.0. The van der Waals surface area contributed by atoms with E-state index in [0.29, 0.717) is 23.0 Å². The summed E-state index contributed by atoms with van der Waals surface area (Å²) < 4.78 is 10.3. The topological polar surface area (TPSA) is 254 Å². The number of ether oxygens (including phenoxy) is 1. The number of rotatable bonds is 20. The molecule has 7 N–H and O–H groups in total. The lowest BCUT2D eigenvalue weighted by Crippen LogP contribution is -2.47. The first-order chi connectivity index (χ1) is 68.1. The molecule has 0 aliphatic carbocycles. The number of tetrazole rings is 1. The Bertz CT molecular complexity index is 7090. The van der Waals surface area contributed by atoms with Crippen molar-refractivity contribution >= 4 is 160 Å². The molecule has 1 saturated heterocycles. The van der Waals surface area contributed by atoms with Gasteiger partial charge < -0.3 is 58.7 Å². The molecular formula is C110H104B6Cl2N12O7S2. The largest absolute Gasteiger partial charge is 0.458 e. The average molecular weight is 1910 g/mol. The molecule has 19 nitrogen and oxygen atoms in total. The van der Waals surface area contributed by atoms with Crippen LogP contribution in [0.3, 0.4) is 0 Å². The van der Waals surface area contributed by atoms with Crippen LogP contribution in [0.2, 0.25) is 48.0 Å². The number of hydrogen-bond donors (Lipinski definition) is 7. The molecule has 690 valence electrons. The quantitative estimate of drug-likeness (QED) is 0.0213. The minimum Gasteiger partial charge on any atom is -0.458 e. The van der Waals surface area contributed by atoms with Crippen LogP contribution in [0, 0.1) is 11.3 Å². The van der Waals surface area contributed by atoms with Gasteiger partial charge in [0, 0.05) is 140 Å². The monoisotopic (exact) mass is 1900 g/mol. The van der Waals surface area contributed by atoms with Gasteiger partial charge in [-0.1, -0.05) is 227 Å². The standard InChI is InChI=1S/C22H17BClNOS.C22H22BNO.C19H16BClN2OS.C16H19BN4O.C16H17BO.C15H13BN4O2/c24-16-7-9-21-19(12-16)22(27-18-4-2-1-3-5-18)14-25(21)17-8-6-15-10-11-23(26)20(15)13-17;25-23-14-13-20-11-12-21(15-22(20)23)24(16-18-7-3-1-4-8-18)17-19-9-5-2-6-10-19;21-14-3-5-18-16(10-14)19(25-9-1-8-22)12-23(18)15-4-2-13-6-7-20(24)17(13)11-15;22-17-5-4-13-2-3-14(12-15(13)17)20-8-10-21(11-9-20)16-18-6-1-7-19-16;18-17-11-10-15-9-8-14(12-16(15)17)7-6-13-4-2-1-3-5-13;21-16-9-8-10-2-1-3-13(14(10)16)22-12-6-4-11(5-7-12)15-17-19-20-18-15/h1-9,12-14,26H,10-11H2;1-12,15,25H,13-14,16-17H2;2-5,10-12,24H,1,6-7,9H2;1-3,6-7,12,22H,4-5,8-11H2;1-5,8-9,12,18H,6-7,10-11H2;1-7,21H,8-9H2,(H,17,18,19,20). The molecule has 0 saturated carbocycles. The van der Waals surface area contributed by atoms with Gasteiger partial charge in [-0.3, -0.25) is 0 Å². The van der Waals surface area contributed by atoms with E-state index in [-0.39, 0.29) is 34.6 Å². The highest BCUT2D eigenvalue weighted by Gasteiger charge is 2.33. The van der Waals surface area contributed by atoms with E-state index in [1.54, 1.807) is 35.9 Å². The third-order valence-electron chi connectivity index (χ3n) is 27.1. The fourth-order valence-corrected chi connectivity index (χ4v) is 22.0. The lowest BCUT2D eigenvalue weighted by atomic mass is 9.62. The molecule has 0 amide bonds. The number of piperazine rings is 1. The fourth-order valence-electron chi connectivity index (χ4n) is 19.7. The third kappa shape index (κ3) is 23.0. The van der Waals surface area contributed by atoms with E-state index in [1.165, 1.54) is 71.2 Å². The maximum Gasteiger partial charge on any atom is 0.328 e. The van der Waals surface area contributed by atoms with Crippen LogP contribution in [0.5, 0.6) is 11.5 Å². The van der Waals surface area contributed by atoms with Crippen LogP contribution >= 0.6 is 46.7 Å². The van der Waals surface area contributed by atoms with Gasteiger partial charge in [-0.2, -0.15) is 10.5 Å². The highest BCUT2D eigenvalue weighted by atomic mass is 35.5. The second kappa shape index (κ2) is 45.0. The molecule has 0 spiro atoms. The Morgan fingerprint density at radius 3 is 1.44 bits per heavy atom. The van der Waals surface area contributed by atoms with Gasteiger partial charge in [-0.25, -0.2) is 9.97 Å². The minimum absolute atomic E-state index is 0.239. The lowest BCUT2D eigenvalue weighted by molar-refractivity contribution is 0.484. The molecule has 17 aromatic rings. The van der Waals surface area contributed by atoms with E-state index in [9.17, 15) is 30.1 Å². The maximum absolute atomic E-state index is 10.3. The molecule has 7 aliphatic rings. The van der Waals surface area contributed by atoms with E-state index in [4.69, 9.17) is 33.2 Å². The SMILES string of the molecule is N#CCCSc1cn(-c2ccc3c(c2)B(O)CC3)c2ccc(Cl)cc12.OB1CCc2ccc(-n3cc(Sc4ccccc4)c4cc(Cl)ccc43)cc21.OB1CCc2ccc(CCc3ccccc3)cc21.OB1CCc2ccc(N(Cc3ccccc3)Cc3ccccc3)cc21.OB1CCc2ccc(N3CCN(c4ncccn4)CC3)cc21.OB1CCc2cccc(Oc3ccc(-c4nn[nH]n4)cc3)c21. The number of nitrogens with zero attached hydrogens (tertiary/aromatic N) is 11. The summed E-state index contributed by atoms with van der Waals surface area (Å²) in [6.45, 7) is 3.45. The minimum atomic E-state index is -0.440. The first kappa shape index (κ1) is 95.1. The maximum atomic E-state index is 10.3. The number of hydrogen-bond acceptors (Lipinski definition) is 18. The summed E-state index contributed by atoms with van der Waals surface area (Å²) in [4.78, 5) is 19.1. The second-order valence-electron chi connectivity index (χ2n) is 36.1. The van der Waals surface area contributed by atoms with Crippen molar-refractivity contribution in [1.29, 1.82) is 5.26 Å². The molecule has 7 aliphatic heterocycles. The molecule has 0 unspecified atom stereocenters. The number of aryl methyl sites for hydroxylation is 8. The van der Waals surface area contributed by atoms with Crippen LogP contribution in [0.1, 0.15) is 62.1 Å². The zero-order valence-electron chi connectivity index (χ0n) is 77.2. The fraction of sp³-hybridized carbons (Fsp3) is 0.200. The summed E-state index contributed by atoms with van der Waals surface area (Å²) in [6.07, 6.45) is 21.2. The van der Waals surface area contributed by atoms with Crippen LogP contribution < -0.4 is 52.2 Å². The Balaban J connectivity index is 0.000000107. The van der Waals surface area contributed by atoms with E-state index >= 15 is 0 Å². The van der Waals surface area contributed by atoms with Gasteiger partial charge in [-0.05, 0) is 289 Å². The van der Waals surface area contributed by atoms with E-state index in [1.807, 2.05) is 84.9 Å². The molecule has 4 aromatic heterocycles. The Kier molecular flexibility index (Phi) is 30.8. The Morgan fingerprint density at radius 2 is 0.892 bits per heavy atom. The van der Waals surface area contributed by atoms with Crippen molar-refractivity contribution in [2.45, 2.75) is 123 Å². The second-order valence-corrected chi connectivity index (χ2v) is 39.3. The van der Waals surface area contributed by atoms with Crippen molar-refractivity contribution in [3.63, 3.8) is 0 Å². The van der Waals surface area contributed by atoms with Gasteiger partial charge in [0.1, 0.15) is 11.5 Å². The van der Waals surface area contributed by atoms with E-state index < -0.39 is 6.92 Å². The summed E-state index contributed by atoms with van der Waals surface area (Å²) in [5, 5.41) is 87.1. The van der Waals surface area contributed by atoms with Gasteiger partial charge in [0.25, 0.3) is 0 Å². The summed E-state index contributed by atoms with van der Waals surface area (Å²) in [7, 11) is 0. The van der Waals surface area contributed by atoms with E-state index in [0.717, 1.165) is 233 Å². The highest BCUT2D eigenvalue weighted by Crippen LogP contribution is 2.40. The molecule has 0 atom stereocenters. The van der Waals surface area contributed by atoms with Gasteiger partial charge in [-0.15, -0.1) is 22.0 Å². The van der Waals surface area contributed by atoms with Crippen LogP contribution in [0.15, 0.2) is 337 Å². The number of thioether (sulfide) groups is 1. The van der Waals surface area contributed by atoms with Gasteiger partial charge in [0.05, 0.1) is 17.1 Å². The molecule has 13 aromatic carbocycles. The van der Waals surface area contributed by atoms with Gasteiger partial charge >= 0.3 is 41.5 Å². The number of H-pyrrole nitrogens is 1. The third-order valence-corrected chi connectivity index (χ3v) is 29.7. The Hall–Kier alpha value is -12.8. The van der Waals surface area contributed by atoms with Crippen LogP contribution in [0.25, 0.3) is 44.6 Å². The number of nitriles is 1. The van der Waals surface area contributed by atoms with Crippen molar-refractivity contribution in [3.05, 3.63) is 388 Å². The number of aromatic amines is 1. The molecule has 11 heterocycles. The van der Waals surface area contributed by atoms with Crippen molar-refractivity contribution in [1.82, 2.24) is 39.7 Å². The van der Waals surface area contributed by atoms with E-state index in [2.05, 4.69) is 285 Å². The number of anilines is 3. The molecule has 1 fully saturated rings. The van der Waals surface area contributed by atoms with Crippen molar-refractivity contribution in [2.75, 3.05) is 46.6 Å². The molecule has 0 bridgehead atoms. The normalized spacial score (nSPS) is 14.0. The lowest BCUT2D eigenvalue weighted by Gasteiger charge is -2.36. The van der Waals surface area contributed by atoms with Gasteiger partial charge in [0.2, 0.25) is 11.8 Å². The van der Waals surface area contributed by atoms with Gasteiger partial charge in [0.15, 0.2) is 0 Å². The number of aromatic nitrogens is 8. The molecule has 24 rings (SSSR count).